The highest BCUT2D eigenvalue weighted by molar-refractivity contribution is 5.92. The zero-order valence-electron chi connectivity index (χ0n) is 15.1. The van der Waals surface area contributed by atoms with Crippen molar-refractivity contribution >= 4 is 5.78 Å². The van der Waals surface area contributed by atoms with Crippen molar-refractivity contribution in [2.24, 2.45) is 29.1 Å². The van der Waals surface area contributed by atoms with E-state index < -0.39 is 11.2 Å². The van der Waals surface area contributed by atoms with Crippen LogP contribution in [0.2, 0.25) is 0 Å². The zero-order valence-corrected chi connectivity index (χ0v) is 15.1. The third kappa shape index (κ3) is 2.04. The second-order valence-electron chi connectivity index (χ2n) is 9.09. The molecule has 0 saturated heterocycles. The van der Waals surface area contributed by atoms with Crippen molar-refractivity contribution in [3.05, 3.63) is 11.6 Å². The second kappa shape index (κ2) is 5.42. The maximum absolute atomic E-state index is 11.9. The van der Waals surface area contributed by atoms with E-state index in [2.05, 4.69) is 19.8 Å². The number of terminal acetylenes is 1. The molecule has 25 heavy (non-hydrogen) atoms. The molecule has 3 fully saturated rings. The lowest BCUT2D eigenvalue weighted by Crippen LogP contribution is -2.60. The Hall–Kier alpha value is -1.15. The first-order valence-electron chi connectivity index (χ1n) is 9.58. The fraction of sp³-hybridized carbons (Fsp3) is 0.762. The van der Waals surface area contributed by atoms with Gasteiger partial charge in [0, 0.05) is 11.8 Å². The normalized spacial score (nSPS) is 51.8. The van der Waals surface area contributed by atoms with E-state index in [0.717, 1.165) is 31.3 Å². The lowest BCUT2D eigenvalue weighted by Gasteiger charge is -2.59. The molecule has 0 spiro atoms. The Morgan fingerprint density at radius 2 is 2.00 bits per heavy atom. The van der Waals surface area contributed by atoms with Gasteiger partial charge >= 0.3 is 0 Å². The van der Waals surface area contributed by atoms with E-state index in [4.69, 9.17) is 11.3 Å². The quantitative estimate of drug-likeness (QED) is 0.435. The van der Waals surface area contributed by atoms with Gasteiger partial charge in [0.25, 0.3) is 0 Å². The van der Waals surface area contributed by atoms with Crippen LogP contribution in [0.4, 0.5) is 0 Å². The van der Waals surface area contributed by atoms with E-state index in [1.165, 1.54) is 0 Å². The Balaban J connectivity index is 1.77. The molecule has 4 rings (SSSR count). The Bertz CT molecular complexity index is 676. The first-order valence-corrected chi connectivity index (χ1v) is 9.58. The number of hydrogen-bond donors (Lipinski definition) is 2. The van der Waals surface area contributed by atoms with E-state index in [-0.39, 0.29) is 17.1 Å². The van der Waals surface area contributed by atoms with Crippen LogP contribution in [-0.2, 0) is 9.68 Å². The first kappa shape index (κ1) is 17.3. The minimum Gasteiger partial charge on any atom is -0.377 e. The van der Waals surface area contributed by atoms with E-state index in [1.54, 1.807) is 6.08 Å². The van der Waals surface area contributed by atoms with Crippen LogP contribution in [0.15, 0.2) is 11.6 Å². The Morgan fingerprint density at radius 1 is 1.28 bits per heavy atom. The van der Waals surface area contributed by atoms with Crippen molar-refractivity contribution in [3.63, 3.8) is 0 Å². The Labute approximate surface area is 149 Å². The van der Waals surface area contributed by atoms with Gasteiger partial charge in [-0.1, -0.05) is 19.8 Å². The molecule has 4 nitrogen and oxygen atoms in total. The number of fused-ring (bicyclic) bond motifs is 5. The highest BCUT2D eigenvalue weighted by atomic mass is 17.1. The summed E-state index contributed by atoms with van der Waals surface area (Å²) in [5.41, 5.74) is -1.06. The van der Waals surface area contributed by atoms with Crippen molar-refractivity contribution in [1.29, 1.82) is 0 Å². The molecule has 0 radical (unpaired) electrons. The second-order valence-corrected chi connectivity index (χ2v) is 9.09. The summed E-state index contributed by atoms with van der Waals surface area (Å²) in [4.78, 5) is 17.1. The predicted molar refractivity (Wildman–Crippen MR) is 93.4 cm³/mol. The summed E-state index contributed by atoms with van der Waals surface area (Å²) in [5, 5.41) is 21.0. The van der Waals surface area contributed by atoms with Crippen molar-refractivity contribution in [2.75, 3.05) is 0 Å². The molecule has 0 bridgehead atoms. The molecular weight excluding hydrogens is 316 g/mol. The molecule has 7 unspecified atom stereocenters. The van der Waals surface area contributed by atoms with E-state index in [0.29, 0.717) is 37.0 Å². The molecule has 0 amide bonds. The number of ketones is 1. The molecule has 3 saturated carbocycles. The highest BCUT2D eigenvalue weighted by Gasteiger charge is 2.66. The molecule has 0 aromatic rings. The van der Waals surface area contributed by atoms with Gasteiger partial charge in [-0.25, -0.2) is 4.89 Å². The summed E-state index contributed by atoms with van der Waals surface area (Å²) >= 11 is 0. The highest BCUT2D eigenvalue weighted by Crippen LogP contribution is 2.67. The summed E-state index contributed by atoms with van der Waals surface area (Å²) < 4.78 is 0. The van der Waals surface area contributed by atoms with Gasteiger partial charge in [0.05, 0.1) is 0 Å². The molecule has 4 heteroatoms. The fourth-order valence-corrected chi connectivity index (χ4v) is 6.96. The maximum Gasteiger partial charge on any atom is 0.155 e. The molecule has 4 aliphatic carbocycles. The SMILES string of the molecule is C#CC1(O)CCC2C3C(C)CC4=CC(=O)CCC4(OO)C3CCC21C. The number of hydrogen-bond acceptors (Lipinski definition) is 4. The van der Waals surface area contributed by atoms with Crippen molar-refractivity contribution < 1.29 is 20.0 Å². The molecule has 4 aliphatic rings. The van der Waals surface area contributed by atoms with Gasteiger partial charge in [-0.05, 0) is 73.8 Å². The van der Waals surface area contributed by atoms with E-state index >= 15 is 0 Å². The van der Waals surface area contributed by atoms with Crippen LogP contribution in [-0.4, -0.2) is 27.3 Å². The molecule has 0 aromatic heterocycles. The van der Waals surface area contributed by atoms with E-state index in [1.807, 2.05) is 0 Å². The van der Waals surface area contributed by atoms with Gasteiger partial charge in [-0.3, -0.25) is 10.1 Å². The van der Waals surface area contributed by atoms with Crippen LogP contribution in [0.3, 0.4) is 0 Å². The van der Waals surface area contributed by atoms with Gasteiger partial charge in [0.2, 0.25) is 0 Å². The van der Waals surface area contributed by atoms with E-state index in [9.17, 15) is 15.2 Å². The number of carbonyl (C=O) groups is 1. The fourth-order valence-electron chi connectivity index (χ4n) is 6.96. The summed E-state index contributed by atoms with van der Waals surface area (Å²) in [6.07, 6.45) is 12.5. The molecule has 0 heterocycles. The summed E-state index contributed by atoms with van der Waals surface area (Å²) in [6.45, 7) is 4.38. The monoisotopic (exact) mass is 344 g/mol. The third-order valence-electron chi connectivity index (χ3n) is 8.31. The molecule has 0 aliphatic heterocycles. The van der Waals surface area contributed by atoms with Gasteiger partial charge in [0.1, 0.15) is 11.2 Å². The lowest BCUT2D eigenvalue weighted by atomic mass is 9.47. The van der Waals surface area contributed by atoms with Crippen molar-refractivity contribution in [1.82, 2.24) is 0 Å². The number of carbonyl (C=O) groups excluding carboxylic acids is 1. The summed E-state index contributed by atoms with van der Waals surface area (Å²) in [7, 11) is 0. The van der Waals surface area contributed by atoms with Gasteiger partial charge in [-0.2, -0.15) is 0 Å². The molecule has 2 N–H and O–H groups in total. The average Bonchev–Trinajstić information content (AvgIpc) is 2.87. The number of rotatable bonds is 1. The van der Waals surface area contributed by atoms with Crippen LogP contribution in [0.1, 0.15) is 58.8 Å². The average molecular weight is 344 g/mol. The minimum absolute atomic E-state index is 0.136. The molecule has 7 atom stereocenters. The van der Waals surface area contributed by atoms with Gasteiger partial charge < -0.3 is 5.11 Å². The number of aliphatic hydroxyl groups is 1. The van der Waals surface area contributed by atoms with Crippen molar-refractivity contribution in [3.8, 4) is 12.3 Å². The van der Waals surface area contributed by atoms with Crippen LogP contribution in [0.25, 0.3) is 0 Å². The molecule has 136 valence electrons. The maximum atomic E-state index is 11.9. The standard InChI is InChI=1S/C21H28O4/c1-4-20(23)9-7-16-18-13(2)11-14-12-15(22)5-10-21(14,25-24)17(18)6-8-19(16,20)3/h1,12-13,16-18,23-24H,5-11H2,2-3H3. The summed E-state index contributed by atoms with van der Waals surface area (Å²) in [6, 6.07) is 0. The predicted octanol–water partition coefficient (Wildman–Crippen LogP) is 3.35. The van der Waals surface area contributed by atoms with Gasteiger partial charge in [-0.15, -0.1) is 6.42 Å². The summed E-state index contributed by atoms with van der Waals surface area (Å²) in [5.74, 6) is 4.07. The smallest absolute Gasteiger partial charge is 0.155 e. The van der Waals surface area contributed by atoms with Gasteiger partial charge in [0.15, 0.2) is 5.78 Å². The first-order chi connectivity index (χ1) is 11.8. The Morgan fingerprint density at radius 3 is 2.68 bits per heavy atom. The van der Waals surface area contributed by atoms with Crippen LogP contribution >= 0.6 is 0 Å². The molecular formula is C21H28O4. The van der Waals surface area contributed by atoms with Crippen molar-refractivity contribution in [2.45, 2.75) is 70.0 Å². The Kier molecular flexibility index (Phi) is 3.75. The third-order valence-corrected chi connectivity index (χ3v) is 8.31. The minimum atomic E-state index is -1.03. The topological polar surface area (TPSA) is 66.8 Å². The van der Waals surface area contributed by atoms with Crippen LogP contribution < -0.4 is 0 Å². The van der Waals surface area contributed by atoms with Crippen LogP contribution in [0.5, 0.6) is 0 Å². The van der Waals surface area contributed by atoms with Crippen LogP contribution in [0, 0.1) is 41.4 Å². The molecule has 0 aromatic carbocycles. The lowest BCUT2D eigenvalue weighted by molar-refractivity contribution is -0.344. The largest absolute Gasteiger partial charge is 0.377 e. The zero-order chi connectivity index (χ0) is 18.0.